The van der Waals surface area contributed by atoms with E-state index in [1.807, 2.05) is 0 Å². The van der Waals surface area contributed by atoms with Gasteiger partial charge in [-0.3, -0.25) is 0 Å². The monoisotopic (exact) mass is 231 g/mol. The molecule has 0 atom stereocenters. The van der Waals surface area contributed by atoms with Crippen molar-refractivity contribution in [2.45, 2.75) is 13.3 Å². The predicted octanol–water partition coefficient (Wildman–Crippen LogP) is 1.99. The summed E-state index contributed by atoms with van der Waals surface area (Å²) in [5.74, 6) is 0. The number of hydrogen-bond donors (Lipinski definition) is 2. The summed E-state index contributed by atoms with van der Waals surface area (Å²) in [7, 11) is 0. The first-order valence-electron chi connectivity index (χ1n) is 6.32. The summed E-state index contributed by atoms with van der Waals surface area (Å²) in [4.78, 5) is 5.71. The van der Waals surface area contributed by atoms with Crippen molar-refractivity contribution in [2.75, 3.05) is 26.2 Å². The van der Waals surface area contributed by atoms with Crippen molar-refractivity contribution in [2.24, 2.45) is 5.73 Å². The Morgan fingerprint density at radius 2 is 2.06 bits per heavy atom. The van der Waals surface area contributed by atoms with E-state index in [1.165, 1.54) is 16.5 Å². The fraction of sp³-hybridized carbons (Fsp3) is 0.429. The lowest BCUT2D eigenvalue weighted by molar-refractivity contribution is 0.300. The Kier molecular flexibility index (Phi) is 4.18. The highest BCUT2D eigenvalue weighted by Gasteiger charge is 2.05. The molecule has 1 heterocycles. The average molecular weight is 231 g/mol. The van der Waals surface area contributed by atoms with Crippen LogP contribution >= 0.6 is 0 Å². The topological polar surface area (TPSA) is 45.0 Å². The first-order valence-corrected chi connectivity index (χ1v) is 6.32. The molecule has 0 aliphatic heterocycles. The lowest BCUT2D eigenvalue weighted by atomic mass is 10.1. The molecule has 0 fully saturated rings. The van der Waals surface area contributed by atoms with Crippen molar-refractivity contribution < 1.29 is 0 Å². The van der Waals surface area contributed by atoms with Gasteiger partial charge in [-0.2, -0.15) is 0 Å². The summed E-state index contributed by atoms with van der Waals surface area (Å²) in [5.41, 5.74) is 8.22. The van der Waals surface area contributed by atoms with Crippen LogP contribution in [-0.2, 0) is 6.42 Å². The van der Waals surface area contributed by atoms with E-state index in [9.17, 15) is 0 Å². The highest BCUT2D eigenvalue weighted by atomic mass is 15.1. The van der Waals surface area contributed by atoms with Crippen LogP contribution in [0.4, 0.5) is 0 Å². The summed E-state index contributed by atoms with van der Waals surface area (Å²) in [6.45, 7) is 6.06. The molecule has 0 spiro atoms. The molecule has 0 radical (unpaired) electrons. The van der Waals surface area contributed by atoms with Gasteiger partial charge in [-0.15, -0.1) is 0 Å². The summed E-state index contributed by atoms with van der Waals surface area (Å²) in [6, 6.07) is 8.46. The maximum Gasteiger partial charge on any atom is 0.0456 e. The Morgan fingerprint density at radius 3 is 2.82 bits per heavy atom. The fourth-order valence-electron chi connectivity index (χ4n) is 2.23. The van der Waals surface area contributed by atoms with Crippen LogP contribution < -0.4 is 5.73 Å². The molecule has 0 saturated carbocycles. The number of nitrogens with zero attached hydrogens (tertiary/aromatic N) is 1. The number of rotatable bonds is 6. The second kappa shape index (κ2) is 5.84. The van der Waals surface area contributed by atoms with Crippen LogP contribution in [0.25, 0.3) is 10.9 Å². The van der Waals surface area contributed by atoms with Crippen LogP contribution in [-0.4, -0.2) is 36.1 Å². The van der Waals surface area contributed by atoms with Crippen LogP contribution in [0, 0.1) is 0 Å². The van der Waals surface area contributed by atoms with Gasteiger partial charge >= 0.3 is 0 Å². The molecule has 3 nitrogen and oxygen atoms in total. The minimum atomic E-state index is 0.738. The van der Waals surface area contributed by atoms with Gasteiger partial charge in [0.25, 0.3) is 0 Å². The zero-order chi connectivity index (χ0) is 12.1. The highest BCUT2D eigenvalue weighted by molar-refractivity contribution is 5.83. The van der Waals surface area contributed by atoms with Gasteiger partial charge in [0.05, 0.1) is 0 Å². The predicted molar refractivity (Wildman–Crippen MR) is 73.2 cm³/mol. The van der Waals surface area contributed by atoms with Crippen molar-refractivity contribution >= 4 is 10.9 Å². The molecule has 0 bridgehead atoms. The Balaban J connectivity index is 2.03. The number of para-hydroxylation sites is 1. The van der Waals surface area contributed by atoms with Gasteiger partial charge in [0.15, 0.2) is 0 Å². The maximum atomic E-state index is 5.60. The van der Waals surface area contributed by atoms with E-state index in [1.54, 1.807) is 0 Å². The number of benzene rings is 1. The summed E-state index contributed by atoms with van der Waals surface area (Å²) >= 11 is 0. The SMILES string of the molecule is CCN(CCN)CCc1c[nH]c2ccccc12. The van der Waals surface area contributed by atoms with Gasteiger partial charge in [-0.1, -0.05) is 25.1 Å². The number of nitrogens with two attached hydrogens (primary N) is 1. The molecule has 3 heteroatoms. The van der Waals surface area contributed by atoms with E-state index in [0.29, 0.717) is 0 Å². The smallest absolute Gasteiger partial charge is 0.0456 e. The molecule has 0 amide bonds. The van der Waals surface area contributed by atoms with E-state index in [4.69, 9.17) is 5.73 Å². The molecule has 1 aromatic carbocycles. The molecule has 2 rings (SSSR count). The van der Waals surface area contributed by atoms with Gasteiger partial charge < -0.3 is 15.6 Å². The largest absolute Gasteiger partial charge is 0.361 e. The third kappa shape index (κ3) is 2.87. The van der Waals surface area contributed by atoms with E-state index in [2.05, 4.69) is 47.3 Å². The molecule has 0 aliphatic carbocycles. The molecule has 3 N–H and O–H groups in total. The van der Waals surface area contributed by atoms with E-state index >= 15 is 0 Å². The Bertz CT molecular complexity index is 461. The van der Waals surface area contributed by atoms with Crippen LogP contribution in [0.15, 0.2) is 30.5 Å². The Labute approximate surface area is 103 Å². The zero-order valence-electron chi connectivity index (χ0n) is 10.4. The second-order valence-electron chi connectivity index (χ2n) is 4.33. The van der Waals surface area contributed by atoms with Crippen molar-refractivity contribution in [3.8, 4) is 0 Å². The fourth-order valence-corrected chi connectivity index (χ4v) is 2.23. The van der Waals surface area contributed by atoms with Gasteiger partial charge in [-0.25, -0.2) is 0 Å². The molecule has 0 saturated heterocycles. The number of aromatic amines is 1. The summed E-state index contributed by atoms with van der Waals surface area (Å²) in [6.07, 6.45) is 3.21. The number of H-pyrrole nitrogens is 1. The van der Waals surface area contributed by atoms with Gasteiger partial charge in [0, 0.05) is 36.7 Å². The van der Waals surface area contributed by atoms with Crippen molar-refractivity contribution in [3.05, 3.63) is 36.0 Å². The molecule has 0 aliphatic rings. The molecular formula is C14H21N3. The third-order valence-electron chi connectivity index (χ3n) is 3.26. The van der Waals surface area contributed by atoms with Crippen molar-refractivity contribution in [1.29, 1.82) is 0 Å². The van der Waals surface area contributed by atoms with E-state index < -0.39 is 0 Å². The van der Waals surface area contributed by atoms with Crippen LogP contribution in [0.2, 0.25) is 0 Å². The molecule has 17 heavy (non-hydrogen) atoms. The molecule has 0 unspecified atom stereocenters. The van der Waals surface area contributed by atoms with E-state index in [-0.39, 0.29) is 0 Å². The van der Waals surface area contributed by atoms with Gasteiger partial charge in [0.1, 0.15) is 0 Å². The zero-order valence-corrected chi connectivity index (χ0v) is 10.4. The number of likely N-dealkylation sites (N-methyl/N-ethyl adjacent to an activating group) is 1. The minimum Gasteiger partial charge on any atom is -0.361 e. The Hall–Kier alpha value is -1.32. The number of aromatic nitrogens is 1. The standard InChI is InChI=1S/C14H21N3/c1-2-17(10-8-15)9-7-12-11-16-14-6-4-3-5-13(12)14/h3-6,11,16H,2,7-10,15H2,1H3. The molecule has 1 aromatic heterocycles. The number of hydrogen-bond acceptors (Lipinski definition) is 2. The normalized spacial score (nSPS) is 11.5. The van der Waals surface area contributed by atoms with Crippen molar-refractivity contribution in [3.63, 3.8) is 0 Å². The molecule has 2 aromatic rings. The Morgan fingerprint density at radius 1 is 1.24 bits per heavy atom. The lowest BCUT2D eigenvalue weighted by Crippen LogP contribution is -2.31. The quantitative estimate of drug-likeness (QED) is 0.798. The molecular weight excluding hydrogens is 210 g/mol. The first kappa shape index (κ1) is 12.1. The lowest BCUT2D eigenvalue weighted by Gasteiger charge is -2.18. The number of nitrogens with one attached hydrogen (secondary N) is 1. The number of fused-ring (bicyclic) bond motifs is 1. The van der Waals surface area contributed by atoms with E-state index in [0.717, 1.165) is 32.6 Å². The summed E-state index contributed by atoms with van der Waals surface area (Å²) < 4.78 is 0. The van der Waals surface area contributed by atoms with Gasteiger partial charge in [0.2, 0.25) is 0 Å². The third-order valence-corrected chi connectivity index (χ3v) is 3.26. The average Bonchev–Trinajstić information content (AvgIpc) is 2.78. The van der Waals surface area contributed by atoms with Crippen molar-refractivity contribution in [1.82, 2.24) is 9.88 Å². The van der Waals surface area contributed by atoms with Gasteiger partial charge in [-0.05, 0) is 24.6 Å². The summed E-state index contributed by atoms with van der Waals surface area (Å²) in [5, 5.41) is 1.34. The maximum absolute atomic E-state index is 5.60. The second-order valence-corrected chi connectivity index (χ2v) is 4.33. The van der Waals surface area contributed by atoms with Crippen LogP contribution in [0.1, 0.15) is 12.5 Å². The van der Waals surface area contributed by atoms with Crippen LogP contribution in [0.3, 0.4) is 0 Å². The van der Waals surface area contributed by atoms with Crippen LogP contribution in [0.5, 0.6) is 0 Å². The minimum absolute atomic E-state index is 0.738. The molecule has 92 valence electrons. The highest BCUT2D eigenvalue weighted by Crippen LogP contribution is 2.18. The first-order chi connectivity index (χ1) is 8.35.